The molecule has 0 fully saturated rings. The predicted octanol–water partition coefficient (Wildman–Crippen LogP) is 4.92. The van der Waals surface area contributed by atoms with E-state index in [9.17, 15) is 0 Å². The molecule has 0 bridgehead atoms. The van der Waals surface area contributed by atoms with Crippen molar-refractivity contribution in [3.63, 3.8) is 0 Å². The summed E-state index contributed by atoms with van der Waals surface area (Å²) >= 11 is 1.74. The van der Waals surface area contributed by atoms with Crippen molar-refractivity contribution in [1.82, 2.24) is 0 Å². The number of hydrogen-bond acceptors (Lipinski definition) is 1. The van der Waals surface area contributed by atoms with Gasteiger partial charge in [0.15, 0.2) is 0 Å². The van der Waals surface area contributed by atoms with E-state index < -0.39 is 0 Å². The van der Waals surface area contributed by atoms with Crippen LogP contribution in [0.5, 0.6) is 0 Å². The molecule has 0 nitrogen and oxygen atoms in total. The largest absolute Gasteiger partial charge is 0.144 e. The lowest BCUT2D eigenvalue weighted by atomic mass is 9.96. The van der Waals surface area contributed by atoms with E-state index in [1.807, 2.05) is 6.08 Å². The second-order valence-corrected chi connectivity index (χ2v) is 4.93. The van der Waals surface area contributed by atoms with Crippen LogP contribution in [0.1, 0.15) is 25.1 Å². The second-order valence-electron chi connectivity index (χ2n) is 3.98. The molecule has 0 aromatic carbocycles. The van der Waals surface area contributed by atoms with Gasteiger partial charge in [-0.15, -0.1) is 11.3 Å². The van der Waals surface area contributed by atoms with Crippen LogP contribution in [0.15, 0.2) is 48.4 Å². The third kappa shape index (κ3) is 3.52. The molecule has 1 aromatic rings. The van der Waals surface area contributed by atoms with Crippen molar-refractivity contribution < 1.29 is 0 Å². The molecule has 80 valence electrons. The highest BCUT2D eigenvalue weighted by Gasteiger charge is 2.07. The fourth-order valence-electron chi connectivity index (χ4n) is 1.48. The van der Waals surface area contributed by atoms with Crippen molar-refractivity contribution in [1.29, 1.82) is 0 Å². The summed E-state index contributed by atoms with van der Waals surface area (Å²) < 4.78 is 0. The number of rotatable bonds is 5. The summed E-state index contributed by atoms with van der Waals surface area (Å²) in [4.78, 5) is 1.25. The van der Waals surface area contributed by atoms with E-state index in [0.717, 1.165) is 12.0 Å². The van der Waals surface area contributed by atoms with Crippen molar-refractivity contribution in [2.24, 2.45) is 5.92 Å². The van der Waals surface area contributed by atoms with Crippen LogP contribution < -0.4 is 0 Å². The molecule has 0 aliphatic rings. The highest BCUT2D eigenvalue weighted by Crippen LogP contribution is 2.29. The Hall–Kier alpha value is -1.08. The minimum absolute atomic E-state index is 0.646. The topological polar surface area (TPSA) is 0 Å². The third-order valence-corrected chi connectivity index (χ3v) is 3.08. The molecule has 0 spiro atoms. The van der Waals surface area contributed by atoms with Gasteiger partial charge < -0.3 is 0 Å². The minimum atomic E-state index is 0.646. The van der Waals surface area contributed by atoms with E-state index in [1.165, 1.54) is 10.5 Å². The van der Waals surface area contributed by atoms with Crippen molar-refractivity contribution >= 4 is 16.9 Å². The van der Waals surface area contributed by atoms with Crippen LogP contribution in [0.2, 0.25) is 0 Å². The molecular formula is C14H18S. The lowest BCUT2D eigenvalue weighted by Crippen LogP contribution is -1.93. The summed E-state index contributed by atoms with van der Waals surface area (Å²) in [5, 5.41) is 2.08. The molecule has 0 atom stereocenters. The van der Waals surface area contributed by atoms with Crippen LogP contribution >= 0.6 is 11.3 Å². The van der Waals surface area contributed by atoms with Gasteiger partial charge in [0.2, 0.25) is 0 Å². The predicted molar refractivity (Wildman–Crippen MR) is 71.1 cm³/mol. The Kier molecular flexibility index (Phi) is 4.57. The summed E-state index contributed by atoms with van der Waals surface area (Å²) in [6.07, 6.45) is 4.97. The lowest BCUT2D eigenvalue weighted by Gasteiger charge is -2.11. The Labute approximate surface area is 96.7 Å². The van der Waals surface area contributed by atoms with Crippen molar-refractivity contribution in [3.8, 4) is 0 Å². The summed E-state index contributed by atoms with van der Waals surface area (Å²) in [7, 11) is 0. The Morgan fingerprint density at radius 3 is 2.73 bits per heavy atom. The van der Waals surface area contributed by atoms with E-state index in [-0.39, 0.29) is 0 Å². The van der Waals surface area contributed by atoms with Gasteiger partial charge in [-0.1, -0.05) is 45.2 Å². The summed E-state index contributed by atoms with van der Waals surface area (Å²) in [6.45, 7) is 12.4. The zero-order valence-electron chi connectivity index (χ0n) is 9.49. The molecule has 0 saturated carbocycles. The maximum absolute atomic E-state index is 4.16. The van der Waals surface area contributed by atoms with Crippen LogP contribution in [0, 0.1) is 5.92 Å². The van der Waals surface area contributed by atoms with E-state index >= 15 is 0 Å². The molecule has 0 N–H and O–H groups in total. The fraction of sp³-hybridized carbons (Fsp3) is 0.286. The van der Waals surface area contributed by atoms with Crippen molar-refractivity contribution in [3.05, 3.63) is 53.3 Å². The summed E-state index contributed by atoms with van der Waals surface area (Å²) in [5.41, 5.74) is 2.43. The van der Waals surface area contributed by atoms with Gasteiger partial charge in [-0.2, -0.15) is 0 Å². The average molecular weight is 218 g/mol. The van der Waals surface area contributed by atoms with Crippen molar-refractivity contribution in [2.45, 2.75) is 20.3 Å². The molecular weight excluding hydrogens is 200 g/mol. The van der Waals surface area contributed by atoms with Crippen molar-refractivity contribution in [2.75, 3.05) is 0 Å². The zero-order chi connectivity index (χ0) is 11.3. The van der Waals surface area contributed by atoms with Gasteiger partial charge in [0, 0.05) is 4.88 Å². The first-order valence-corrected chi connectivity index (χ1v) is 6.08. The summed E-state index contributed by atoms with van der Waals surface area (Å²) in [5.74, 6) is 0.646. The number of allylic oxidation sites excluding steroid dienone is 4. The molecule has 1 aromatic heterocycles. The van der Waals surface area contributed by atoms with Crippen LogP contribution in [-0.4, -0.2) is 0 Å². The van der Waals surface area contributed by atoms with Crippen LogP contribution in [0.3, 0.4) is 0 Å². The zero-order valence-corrected chi connectivity index (χ0v) is 10.3. The Morgan fingerprint density at radius 2 is 2.27 bits per heavy atom. The smallest absolute Gasteiger partial charge is 0.0339 e. The van der Waals surface area contributed by atoms with Gasteiger partial charge in [-0.25, -0.2) is 0 Å². The van der Waals surface area contributed by atoms with Gasteiger partial charge >= 0.3 is 0 Å². The highest BCUT2D eigenvalue weighted by atomic mass is 32.1. The Morgan fingerprint density at radius 1 is 1.53 bits per heavy atom. The fourth-order valence-corrected chi connectivity index (χ4v) is 2.22. The molecule has 0 saturated heterocycles. The first-order valence-electron chi connectivity index (χ1n) is 5.20. The van der Waals surface area contributed by atoms with Gasteiger partial charge in [0.25, 0.3) is 0 Å². The molecule has 0 aliphatic carbocycles. The number of hydrogen-bond donors (Lipinski definition) is 0. The first kappa shape index (κ1) is 12.0. The molecule has 15 heavy (non-hydrogen) atoms. The lowest BCUT2D eigenvalue weighted by molar-refractivity contribution is 0.652. The van der Waals surface area contributed by atoms with Gasteiger partial charge in [-0.3, -0.25) is 0 Å². The maximum Gasteiger partial charge on any atom is 0.0339 e. The van der Waals surface area contributed by atoms with E-state index in [1.54, 1.807) is 11.3 Å². The standard InChI is InChI=1S/C14H18S/c1-5-7-13(10-11(2)3)12(4)14-8-6-9-15-14/h5-9,11H,1,4,10H2,2-3H3/b13-7-. The van der Waals surface area contributed by atoms with E-state index in [0.29, 0.717) is 5.92 Å². The Bertz CT molecular complexity index is 353. The van der Waals surface area contributed by atoms with Gasteiger partial charge in [-0.05, 0) is 34.9 Å². The van der Waals surface area contributed by atoms with E-state index in [4.69, 9.17) is 0 Å². The summed E-state index contributed by atoms with van der Waals surface area (Å²) in [6, 6.07) is 4.18. The molecule has 0 unspecified atom stereocenters. The minimum Gasteiger partial charge on any atom is -0.144 e. The maximum atomic E-state index is 4.16. The quantitative estimate of drug-likeness (QED) is 0.615. The first-order chi connectivity index (χ1) is 7.15. The highest BCUT2D eigenvalue weighted by molar-refractivity contribution is 7.11. The molecule has 1 heteroatoms. The molecule has 1 rings (SSSR count). The van der Waals surface area contributed by atoms with E-state index in [2.05, 4.69) is 50.6 Å². The number of thiophene rings is 1. The molecule has 1 heterocycles. The monoisotopic (exact) mass is 218 g/mol. The Balaban J connectivity index is 2.86. The third-order valence-electron chi connectivity index (χ3n) is 2.15. The SMILES string of the molecule is C=C/C=C(/CC(C)C)C(=C)c1cccs1. The normalized spacial score (nSPS) is 11.8. The van der Waals surface area contributed by atoms with Crippen LogP contribution in [0.25, 0.3) is 5.57 Å². The van der Waals surface area contributed by atoms with Gasteiger partial charge in [0.05, 0.1) is 0 Å². The molecule has 0 radical (unpaired) electrons. The molecule has 0 amide bonds. The second kappa shape index (κ2) is 5.72. The van der Waals surface area contributed by atoms with Crippen LogP contribution in [-0.2, 0) is 0 Å². The van der Waals surface area contributed by atoms with Crippen LogP contribution in [0.4, 0.5) is 0 Å². The average Bonchev–Trinajstić information content (AvgIpc) is 2.68. The molecule has 0 aliphatic heterocycles. The van der Waals surface area contributed by atoms with Gasteiger partial charge in [0.1, 0.15) is 0 Å².